The Morgan fingerprint density at radius 1 is 1.30 bits per heavy atom. The molecule has 4 nitrogen and oxygen atoms in total. The molecule has 0 bridgehead atoms. The van der Waals surface area contributed by atoms with Crippen LogP contribution in [-0.2, 0) is 11.3 Å². The van der Waals surface area contributed by atoms with Gasteiger partial charge in [-0.2, -0.15) is 5.26 Å². The maximum Gasteiger partial charge on any atom is 0.234 e. The van der Waals surface area contributed by atoms with Gasteiger partial charge in [-0.3, -0.25) is 4.79 Å². The Morgan fingerprint density at radius 2 is 2.00 bits per heavy atom. The Morgan fingerprint density at radius 3 is 2.65 bits per heavy atom. The number of nitriles is 1. The summed E-state index contributed by atoms with van der Waals surface area (Å²) >= 11 is 0. The van der Waals surface area contributed by atoms with Crippen molar-refractivity contribution in [1.29, 1.82) is 5.26 Å². The van der Waals surface area contributed by atoms with Crippen molar-refractivity contribution >= 4 is 5.91 Å². The summed E-state index contributed by atoms with van der Waals surface area (Å²) in [5.74, 6) is -0.00611. The number of hydrogen-bond acceptors (Lipinski definition) is 3. The second kappa shape index (κ2) is 8.34. The molecule has 0 saturated carbocycles. The SMILES string of the molecule is CC(C)(C#N)CCCNCC(=O)NCc1ccccc1. The zero-order chi connectivity index (χ0) is 14.8. The van der Waals surface area contributed by atoms with E-state index in [1.807, 2.05) is 44.2 Å². The van der Waals surface area contributed by atoms with E-state index < -0.39 is 0 Å². The van der Waals surface area contributed by atoms with Gasteiger partial charge in [0, 0.05) is 6.54 Å². The first-order valence-electron chi connectivity index (χ1n) is 6.96. The van der Waals surface area contributed by atoms with Gasteiger partial charge in [0.05, 0.1) is 18.0 Å². The first-order valence-corrected chi connectivity index (χ1v) is 6.96. The average molecular weight is 273 g/mol. The molecule has 0 atom stereocenters. The molecule has 0 fully saturated rings. The van der Waals surface area contributed by atoms with Crippen LogP contribution < -0.4 is 10.6 Å². The zero-order valence-corrected chi connectivity index (χ0v) is 12.3. The molecule has 108 valence electrons. The Bertz CT molecular complexity index is 449. The molecule has 0 aromatic heterocycles. The molecule has 1 rings (SSSR count). The topological polar surface area (TPSA) is 64.9 Å². The van der Waals surface area contributed by atoms with Gasteiger partial charge in [0.1, 0.15) is 0 Å². The van der Waals surface area contributed by atoms with Crippen molar-refractivity contribution in [1.82, 2.24) is 10.6 Å². The van der Waals surface area contributed by atoms with Crippen LogP contribution in [0, 0.1) is 16.7 Å². The highest BCUT2D eigenvalue weighted by atomic mass is 16.1. The summed E-state index contributed by atoms with van der Waals surface area (Å²) in [5, 5.41) is 14.8. The third kappa shape index (κ3) is 6.91. The molecular formula is C16H23N3O. The van der Waals surface area contributed by atoms with E-state index >= 15 is 0 Å². The highest BCUT2D eigenvalue weighted by Crippen LogP contribution is 2.19. The average Bonchev–Trinajstić information content (AvgIpc) is 2.46. The molecule has 2 N–H and O–H groups in total. The van der Waals surface area contributed by atoms with Crippen LogP contribution in [0.3, 0.4) is 0 Å². The van der Waals surface area contributed by atoms with E-state index in [4.69, 9.17) is 5.26 Å². The Kier molecular flexibility index (Phi) is 6.75. The normalized spacial score (nSPS) is 10.8. The molecule has 20 heavy (non-hydrogen) atoms. The van der Waals surface area contributed by atoms with Crippen LogP contribution in [0.4, 0.5) is 0 Å². The van der Waals surface area contributed by atoms with E-state index in [1.165, 1.54) is 0 Å². The van der Waals surface area contributed by atoms with Crippen molar-refractivity contribution < 1.29 is 4.79 Å². The number of amides is 1. The third-order valence-corrected chi connectivity index (χ3v) is 3.08. The van der Waals surface area contributed by atoms with Crippen LogP contribution in [0.25, 0.3) is 0 Å². The van der Waals surface area contributed by atoms with Crippen molar-refractivity contribution in [3.05, 3.63) is 35.9 Å². The molecule has 1 aromatic rings. The fraction of sp³-hybridized carbons (Fsp3) is 0.500. The van der Waals surface area contributed by atoms with E-state index in [2.05, 4.69) is 16.7 Å². The maximum atomic E-state index is 11.6. The van der Waals surface area contributed by atoms with Gasteiger partial charge >= 0.3 is 0 Å². The number of carbonyl (C=O) groups excluding carboxylic acids is 1. The van der Waals surface area contributed by atoms with Crippen molar-refractivity contribution in [2.24, 2.45) is 5.41 Å². The second-order valence-corrected chi connectivity index (χ2v) is 5.54. The van der Waals surface area contributed by atoms with Crippen LogP contribution in [0.5, 0.6) is 0 Å². The first kappa shape index (κ1) is 16.2. The maximum absolute atomic E-state index is 11.6. The molecule has 0 saturated heterocycles. The Hall–Kier alpha value is -1.86. The lowest BCUT2D eigenvalue weighted by Gasteiger charge is -2.14. The first-order chi connectivity index (χ1) is 9.53. The van der Waals surface area contributed by atoms with E-state index in [-0.39, 0.29) is 11.3 Å². The van der Waals surface area contributed by atoms with Crippen LogP contribution in [0.2, 0.25) is 0 Å². The van der Waals surface area contributed by atoms with Crippen molar-refractivity contribution in [3.63, 3.8) is 0 Å². The lowest BCUT2D eigenvalue weighted by Crippen LogP contribution is -2.34. The van der Waals surface area contributed by atoms with Gasteiger partial charge in [0.2, 0.25) is 5.91 Å². The second-order valence-electron chi connectivity index (χ2n) is 5.54. The lowest BCUT2D eigenvalue weighted by atomic mass is 9.90. The van der Waals surface area contributed by atoms with E-state index in [9.17, 15) is 4.79 Å². The predicted octanol–water partition coefficient (Wildman–Crippen LogP) is 2.22. The number of rotatable bonds is 8. The summed E-state index contributed by atoms with van der Waals surface area (Å²) in [5.41, 5.74) is 0.814. The molecule has 1 amide bonds. The summed E-state index contributed by atoms with van der Waals surface area (Å²) in [6, 6.07) is 12.1. The largest absolute Gasteiger partial charge is 0.351 e. The molecule has 0 unspecified atom stereocenters. The quantitative estimate of drug-likeness (QED) is 0.714. The van der Waals surface area contributed by atoms with Gasteiger partial charge in [0.15, 0.2) is 0 Å². The van der Waals surface area contributed by atoms with Gasteiger partial charge < -0.3 is 10.6 Å². The summed E-state index contributed by atoms with van der Waals surface area (Å²) in [6.45, 7) is 5.49. The lowest BCUT2D eigenvalue weighted by molar-refractivity contribution is -0.120. The van der Waals surface area contributed by atoms with Gasteiger partial charge in [-0.15, -0.1) is 0 Å². The number of carbonyl (C=O) groups is 1. The highest BCUT2D eigenvalue weighted by Gasteiger charge is 2.15. The van der Waals surface area contributed by atoms with Gasteiger partial charge in [-0.25, -0.2) is 0 Å². The Labute approximate surface area is 121 Å². The van der Waals surface area contributed by atoms with E-state index in [0.717, 1.165) is 24.9 Å². The molecule has 0 aliphatic heterocycles. The standard InChI is InChI=1S/C16H23N3O/c1-16(2,13-17)9-6-10-18-12-15(20)19-11-14-7-4-3-5-8-14/h3-5,7-8,18H,6,9-12H2,1-2H3,(H,19,20). The number of benzene rings is 1. The Balaban J connectivity index is 2.08. The summed E-state index contributed by atoms with van der Waals surface area (Å²) in [4.78, 5) is 11.6. The van der Waals surface area contributed by atoms with E-state index in [0.29, 0.717) is 13.1 Å². The van der Waals surface area contributed by atoms with E-state index in [1.54, 1.807) is 0 Å². The summed E-state index contributed by atoms with van der Waals surface area (Å²) in [7, 11) is 0. The van der Waals surface area contributed by atoms with Crippen molar-refractivity contribution in [3.8, 4) is 6.07 Å². The zero-order valence-electron chi connectivity index (χ0n) is 12.3. The molecule has 0 aliphatic carbocycles. The third-order valence-electron chi connectivity index (χ3n) is 3.08. The summed E-state index contributed by atoms with van der Waals surface area (Å²) < 4.78 is 0. The molecule has 0 spiro atoms. The van der Waals surface area contributed by atoms with Crippen molar-refractivity contribution in [2.45, 2.75) is 33.2 Å². The van der Waals surface area contributed by atoms with Gasteiger partial charge in [0.25, 0.3) is 0 Å². The number of hydrogen-bond donors (Lipinski definition) is 2. The molecule has 0 radical (unpaired) electrons. The van der Waals surface area contributed by atoms with Gasteiger partial charge in [-0.1, -0.05) is 30.3 Å². The van der Waals surface area contributed by atoms with Crippen LogP contribution in [0.15, 0.2) is 30.3 Å². The number of nitrogens with one attached hydrogen (secondary N) is 2. The minimum atomic E-state index is -0.281. The fourth-order valence-corrected chi connectivity index (χ4v) is 1.77. The number of nitrogens with zero attached hydrogens (tertiary/aromatic N) is 1. The molecular weight excluding hydrogens is 250 g/mol. The minimum Gasteiger partial charge on any atom is -0.351 e. The van der Waals surface area contributed by atoms with Crippen molar-refractivity contribution in [2.75, 3.05) is 13.1 Å². The highest BCUT2D eigenvalue weighted by molar-refractivity contribution is 5.77. The van der Waals surface area contributed by atoms with Crippen LogP contribution in [-0.4, -0.2) is 19.0 Å². The predicted molar refractivity (Wildman–Crippen MR) is 79.8 cm³/mol. The molecule has 0 heterocycles. The fourth-order valence-electron chi connectivity index (χ4n) is 1.77. The summed E-state index contributed by atoms with van der Waals surface area (Å²) in [6.07, 6.45) is 1.73. The van der Waals surface area contributed by atoms with Gasteiger partial charge in [-0.05, 0) is 38.8 Å². The minimum absolute atomic E-state index is 0.00611. The van der Waals surface area contributed by atoms with Crippen LogP contribution >= 0.6 is 0 Å². The molecule has 0 aliphatic rings. The van der Waals surface area contributed by atoms with Crippen LogP contribution in [0.1, 0.15) is 32.3 Å². The molecule has 4 heteroatoms. The monoisotopic (exact) mass is 273 g/mol. The molecule has 1 aromatic carbocycles. The smallest absolute Gasteiger partial charge is 0.234 e.